The average molecular weight is 300 g/mol. The molecular formula is C16H16N2O2S. The minimum absolute atomic E-state index is 0.673. The first kappa shape index (κ1) is 13.7. The van der Waals surface area contributed by atoms with Gasteiger partial charge in [-0.15, -0.1) is 0 Å². The smallest absolute Gasteiger partial charge is 0.188 e. The topological polar surface area (TPSA) is 43.4 Å². The van der Waals surface area contributed by atoms with Gasteiger partial charge in [-0.3, -0.25) is 0 Å². The molecule has 3 rings (SSSR count). The molecule has 0 saturated carbocycles. The van der Waals surface area contributed by atoms with Gasteiger partial charge in [0.15, 0.2) is 5.13 Å². The number of hydrogen-bond donors (Lipinski definition) is 1. The fourth-order valence-electron chi connectivity index (χ4n) is 2.01. The van der Waals surface area contributed by atoms with E-state index in [4.69, 9.17) is 9.47 Å². The summed E-state index contributed by atoms with van der Waals surface area (Å²) >= 11 is 1.60. The van der Waals surface area contributed by atoms with Crippen molar-refractivity contribution in [2.24, 2.45) is 0 Å². The quantitative estimate of drug-likeness (QED) is 0.756. The van der Waals surface area contributed by atoms with Crippen LogP contribution in [0.1, 0.15) is 6.92 Å². The second-order valence-corrected chi connectivity index (χ2v) is 5.47. The molecule has 0 atom stereocenters. The second kappa shape index (κ2) is 6.01. The van der Waals surface area contributed by atoms with Crippen molar-refractivity contribution in [3.05, 3.63) is 42.5 Å². The number of fused-ring (bicyclic) bond motifs is 1. The lowest BCUT2D eigenvalue weighted by Crippen LogP contribution is -1.92. The van der Waals surface area contributed by atoms with Crippen molar-refractivity contribution in [2.45, 2.75) is 6.92 Å². The van der Waals surface area contributed by atoms with E-state index < -0.39 is 0 Å². The molecule has 0 saturated heterocycles. The fraction of sp³-hybridized carbons (Fsp3) is 0.188. The maximum atomic E-state index is 5.43. The number of nitrogens with one attached hydrogen (secondary N) is 1. The van der Waals surface area contributed by atoms with E-state index in [9.17, 15) is 0 Å². The van der Waals surface area contributed by atoms with Crippen molar-refractivity contribution in [3.8, 4) is 11.5 Å². The van der Waals surface area contributed by atoms with Gasteiger partial charge in [-0.2, -0.15) is 0 Å². The lowest BCUT2D eigenvalue weighted by Gasteiger charge is -2.05. The summed E-state index contributed by atoms with van der Waals surface area (Å²) in [6.07, 6.45) is 0. The summed E-state index contributed by atoms with van der Waals surface area (Å²) in [5.41, 5.74) is 1.96. The predicted octanol–water partition coefficient (Wildman–Crippen LogP) is 4.45. The summed E-state index contributed by atoms with van der Waals surface area (Å²) in [6.45, 7) is 2.65. The lowest BCUT2D eigenvalue weighted by atomic mass is 10.3. The third kappa shape index (κ3) is 3.08. The molecule has 4 nitrogen and oxygen atoms in total. The van der Waals surface area contributed by atoms with Crippen LogP contribution in [0.25, 0.3) is 10.2 Å². The van der Waals surface area contributed by atoms with Gasteiger partial charge in [0.05, 0.1) is 23.9 Å². The number of hydrogen-bond acceptors (Lipinski definition) is 5. The molecule has 0 fully saturated rings. The number of benzene rings is 2. The van der Waals surface area contributed by atoms with Crippen molar-refractivity contribution < 1.29 is 9.47 Å². The Morgan fingerprint density at radius 2 is 1.86 bits per heavy atom. The van der Waals surface area contributed by atoms with Crippen LogP contribution in [0.4, 0.5) is 10.8 Å². The monoisotopic (exact) mass is 300 g/mol. The van der Waals surface area contributed by atoms with Crippen molar-refractivity contribution in [1.29, 1.82) is 0 Å². The summed E-state index contributed by atoms with van der Waals surface area (Å²) < 4.78 is 11.8. The van der Waals surface area contributed by atoms with Gasteiger partial charge in [0.1, 0.15) is 11.5 Å². The predicted molar refractivity (Wildman–Crippen MR) is 87.1 cm³/mol. The lowest BCUT2D eigenvalue weighted by molar-refractivity contribution is 0.340. The van der Waals surface area contributed by atoms with Crippen LogP contribution in [0.15, 0.2) is 42.5 Å². The minimum atomic E-state index is 0.673. The molecule has 0 unspecified atom stereocenters. The van der Waals surface area contributed by atoms with E-state index in [1.165, 1.54) is 0 Å². The number of rotatable bonds is 5. The molecule has 1 heterocycles. The zero-order valence-corrected chi connectivity index (χ0v) is 12.7. The Morgan fingerprint density at radius 3 is 2.57 bits per heavy atom. The van der Waals surface area contributed by atoms with Crippen LogP contribution < -0.4 is 14.8 Å². The number of anilines is 2. The largest absolute Gasteiger partial charge is 0.497 e. The van der Waals surface area contributed by atoms with E-state index in [2.05, 4.69) is 10.3 Å². The molecule has 0 amide bonds. The van der Waals surface area contributed by atoms with Gasteiger partial charge in [-0.25, -0.2) is 4.98 Å². The van der Waals surface area contributed by atoms with E-state index >= 15 is 0 Å². The molecule has 3 aromatic rings. The molecule has 0 aliphatic rings. The van der Waals surface area contributed by atoms with E-state index in [1.807, 2.05) is 49.4 Å². The molecule has 108 valence electrons. The molecule has 0 aliphatic heterocycles. The molecule has 0 bridgehead atoms. The van der Waals surface area contributed by atoms with E-state index in [1.54, 1.807) is 18.4 Å². The first-order valence-electron chi connectivity index (χ1n) is 6.73. The number of ether oxygens (including phenoxy) is 2. The third-order valence-electron chi connectivity index (χ3n) is 3.01. The molecule has 21 heavy (non-hydrogen) atoms. The Bertz CT molecular complexity index is 738. The highest BCUT2D eigenvalue weighted by atomic mass is 32.1. The molecule has 2 aromatic carbocycles. The SMILES string of the molecule is CCOc1ccc(Nc2nc3ccc(OC)cc3s2)cc1. The van der Waals surface area contributed by atoms with Crippen molar-refractivity contribution in [3.63, 3.8) is 0 Å². The highest BCUT2D eigenvalue weighted by Gasteiger charge is 2.05. The summed E-state index contributed by atoms with van der Waals surface area (Å²) in [6, 6.07) is 13.7. The summed E-state index contributed by atoms with van der Waals surface area (Å²) in [5.74, 6) is 1.72. The van der Waals surface area contributed by atoms with Gasteiger partial charge < -0.3 is 14.8 Å². The van der Waals surface area contributed by atoms with Gasteiger partial charge in [0, 0.05) is 5.69 Å². The van der Waals surface area contributed by atoms with Gasteiger partial charge >= 0.3 is 0 Å². The Morgan fingerprint density at radius 1 is 1.10 bits per heavy atom. The van der Waals surface area contributed by atoms with Gasteiger partial charge in [0.25, 0.3) is 0 Å². The first-order valence-corrected chi connectivity index (χ1v) is 7.54. The van der Waals surface area contributed by atoms with E-state index in [0.717, 1.165) is 32.5 Å². The van der Waals surface area contributed by atoms with Crippen molar-refractivity contribution >= 4 is 32.4 Å². The van der Waals surface area contributed by atoms with Crippen LogP contribution in [0.3, 0.4) is 0 Å². The Labute approximate surface area is 127 Å². The molecule has 0 spiro atoms. The number of aromatic nitrogens is 1. The van der Waals surface area contributed by atoms with Crippen LogP contribution in [0, 0.1) is 0 Å². The first-order chi connectivity index (χ1) is 10.3. The maximum absolute atomic E-state index is 5.43. The van der Waals surface area contributed by atoms with Crippen molar-refractivity contribution in [2.75, 3.05) is 19.0 Å². The summed E-state index contributed by atoms with van der Waals surface area (Å²) in [5, 5.41) is 4.17. The minimum Gasteiger partial charge on any atom is -0.497 e. The van der Waals surface area contributed by atoms with Gasteiger partial charge in [0.2, 0.25) is 0 Å². The molecule has 0 radical (unpaired) electrons. The maximum Gasteiger partial charge on any atom is 0.188 e. The van der Waals surface area contributed by atoms with Crippen LogP contribution >= 0.6 is 11.3 Å². The zero-order valence-electron chi connectivity index (χ0n) is 11.9. The van der Waals surface area contributed by atoms with Crippen molar-refractivity contribution in [1.82, 2.24) is 4.98 Å². The Hall–Kier alpha value is -2.27. The third-order valence-corrected chi connectivity index (χ3v) is 3.95. The second-order valence-electron chi connectivity index (χ2n) is 4.44. The highest BCUT2D eigenvalue weighted by Crippen LogP contribution is 2.31. The normalized spacial score (nSPS) is 10.6. The van der Waals surface area contributed by atoms with E-state index in [-0.39, 0.29) is 0 Å². The van der Waals surface area contributed by atoms with Crippen LogP contribution in [-0.2, 0) is 0 Å². The fourth-order valence-corrected chi connectivity index (χ4v) is 2.92. The van der Waals surface area contributed by atoms with Gasteiger partial charge in [-0.1, -0.05) is 11.3 Å². The number of nitrogens with zero attached hydrogens (tertiary/aromatic N) is 1. The van der Waals surface area contributed by atoms with Gasteiger partial charge in [-0.05, 0) is 49.4 Å². The van der Waals surface area contributed by atoms with Crippen LogP contribution in [0.5, 0.6) is 11.5 Å². The Balaban J connectivity index is 1.80. The summed E-state index contributed by atoms with van der Waals surface area (Å²) in [4.78, 5) is 4.56. The molecule has 1 aromatic heterocycles. The van der Waals surface area contributed by atoms with Crippen LogP contribution in [-0.4, -0.2) is 18.7 Å². The number of thiazole rings is 1. The van der Waals surface area contributed by atoms with Crippen LogP contribution in [0.2, 0.25) is 0 Å². The highest BCUT2D eigenvalue weighted by molar-refractivity contribution is 7.22. The molecular weight excluding hydrogens is 284 g/mol. The standard InChI is InChI=1S/C16H16N2O2S/c1-3-20-12-6-4-11(5-7-12)17-16-18-14-9-8-13(19-2)10-15(14)21-16/h4-10H,3H2,1-2H3,(H,17,18). The Kier molecular flexibility index (Phi) is 3.92. The molecule has 5 heteroatoms. The zero-order chi connectivity index (χ0) is 14.7. The molecule has 1 N–H and O–H groups in total. The summed E-state index contributed by atoms with van der Waals surface area (Å²) in [7, 11) is 1.67. The number of methoxy groups -OCH3 is 1. The molecule has 0 aliphatic carbocycles. The average Bonchev–Trinajstić information content (AvgIpc) is 2.90. The van der Waals surface area contributed by atoms with E-state index in [0.29, 0.717) is 6.61 Å².